The van der Waals surface area contributed by atoms with Crippen LogP contribution in [0.25, 0.3) is 0 Å². The van der Waals surface area contributed by atoms with Gasteiger partial charge in [-0.1, -0.05) is 0 Å². The molecule has 0 radical (unpaired) electrons. The second-order valence-electron chi connectivity index (χ2n) is 3.43. The fourth-order valence-corrected chi connectivity index (χ4v) is 1.67. The van der Waals surface area contributed by atoms with E-state index in [0.717, 1.165) is 5.56 Å². The molecule has 0 unspecified atom stereocenters. The monoisotopic (exact) mass is 212 g/mol. The van der Waals surface area contributed by atoms with Crippen molar-refractivity contribution in [2.45, 2.75) is 12.6 Å². The minimum Gasteiger partial charge on any atom is -0.326 e. The van der Waals surface area contributed by atoms with Crippen molar-refractivity contribution in [1.82, 2.24) is 9.88 Å². The van der Waals surface area contributed by atoms with Crippen molar-refractivity contribution >= 4 is 5.91 Å². The molecule has 1 aromatic heterocycles. The van der Waals surface area contributed by atoms with E-state index in [1.165, 1.54) is 11.1 Å². The van der Waals surface area contributed by atoms with Crippen LogP contribution in [0.5, 0.6) is 0 Å². The average molecular weight is 212 g/mol. The van der Waals surface area contributed by atoms with E-state index in [4.69, 9.17) is 0 Å². The van der Waals surface area contributed by atoms with E-state index in [9.17, 15) is 13.6 Å². The normalized spacial score (nSPS) is 14.9. The first-order valence-corrected chi connectivity index (χ1v) is 4.63. The second-order valence-corrected chi connectivity index (χ2v) is 3.43. The molecule has 0 atom stereocenters. The number of fused-ring (bicyclic) bond motifs is 1. The summed E-state index contributed by atoms with van der Waals surface area (Å²) in [7, 11) is 0. The van der Waals surface area contributed by atoms with Crippen LogP contribution >= 0.6 is 0 Å². The lowest BCUT2D eigenvalue weighted by molar-refractivity contribution is 0.0637. The first-order chi connectivity index (χ1) is 7.27. The molecule has 2 rings (SSSR count). The highest BCUT2D eigenvalue weighted by Gasteiger charge is 2.32. The molecule has 0 fully saturated rings. The summed E-state index contributed by atoms with van der Waals surface area (Å²) in [6.07, 6.45) is 3.06. The zero-order chi connectivity index (χ0) is 10.8. The Bertz CT molecular complexity index is 379. The third-order valence-corrected chi connectivity index (χ3v) is 2.53. The Labute approximate surface area is 85.7 Å². The lowest BCUT2D eigenvalue weighted by Crippen LogP contribution is -2.38. The standard InChI is InChI=1S/C10H10F2N2O/c11-3-8(4-12)14-6-7-5-13-2-1-9(7)10(14)15/h1-2,5,8H,3-4,6H2. The van der Waals surface area contributed by atoms with Gasteiger partial charge in [-0.25, -0.2) is 8.78 Å². The van der Waals surface area contributed by atoms with Gasteiger partial charge < -0.3 is 4.90 Å². The summed E-state index contributed by atoms with van der Waals surface area (Å²) in [5.74, 6) is -0.312. The minimum absolute atomic E-state index is 0.251. The Hall–Kier alpha value is -1.52. The van der Waals surface area contributed by atoms with Gasteiger partial charge in [0.1, 0.15) is 13.3 Å². The van der Waals surface area contributed by atoms with Crippen molar-refractivity contribution < 1.29 is 13.6 Å². The summed E-state index contributed by atoms with van der Waals surface area (Å²) < 4.78 is 24.9. The molecular weight excluding hydrogens is 202 g/mol. The number of carbonyl (C=O) groups excluding carboxylic acids is 1. The van der Waals surface area contributed by atoms with Crippen LogP contribution in [0.3, 0.4) is 0 Å². The second kappa shape index (κ2) is 3.92. The Morgan fingerprint density at radius 1 is 1.47 bits per heavy atom. The van der Waals surface area contributed by atoms with Crippen LogP contribution in [0.4, 0.5) is 8.78 Å². The highest BCUT2D eigenvalue weighted by molar-refractivity contribution is 5.98. The molecule has 1 aromatic rings. The molecule has 0 aromatic carbocycles. The zero-order valence-corrected chi connectivity index (χ0v) is 7.99. The maximum atomic E-state index is 12.5. The van der Waals surface area contributed by atoms with Crippen molar-refractivity contribution in [3.8, 4) is 0 Å². The molecule has 0 aliphatic carbocycles. The molecule has 0 bridgehead atoms. The van der Waals surface area contributed by atoms with Crippen molar-refractivity contribution in [3.63, 3.8) is 0 Å². The van der Waals surface area contributed by atoms with Crippen LogP contribution in [0.1, 0.15) is 15.9 Å². The molecule has 80 valence electrons. The Balaban J connectivity index is 2.27. The largest absolute Gasteiger partial charge is 0.326 e. The predicted molar refractivity (Wildman–Crippen MR) is 49.8 cm³/mol. The summed E-state index contributed by atoms with van der Waals surface area (Å²) in [6, 6.07) is 0.607. The molecule has 0 N–H and O–H groups in total. The van der Waals surface area contributed by atoms with Crippen LogP contribution < -0.4 is 0 Å². The van der Waals surface area contributed by atoms with Gasteiger partial charge in [0.05, 0.1) is 6.04 Å². The highest BCUT2D eigenvalue weighted by atomic mass is 19.1. The molecule has 0 saturated carbocycles. The van der Waals surface area contributed by atoms with Crippen LogP contribution in [-0.4, -0.2) is 35.2 Å². The van der Waals surface area contributed by atoms with E-state index in [2.05, 4.69) is 4.98 Å². The van der Waals surface area contributed by atoms with Gasteiger partial charge in [0, 0.05) is 30.1 Å². The zero-order valence-electron chi connectivity index (χ0n) is 7.99. The van der Waals surface area contributed by atoms with Gasteiger partial charge in [0.2, 0.25) is 0 Å². The number of pyridine rings is 1. The van der Waals surface area contributed by atoms with Crippen LogP contribution in [0, 0.1) is 0 Å². The number of rotatable bonds is 3. The number of alkyl halides is 2. The molecule has 15 heavy (non-hydrogen) atoms. The summed E-state index contributed by atoms with van der Waals surface area (Å²) in [6.45, 7) is -1.46. The Morgan fingerprint density at radius 2 is 2.20 bits per heavy atom. The third-order valence-electron chi connectivity index (χ3n) is 2.53. The van der Waals surface area contributed by atoms with Crippen molar-refractivity contribution in [2.75, 3.05) is 13.3 Å². The minimum atomic E-state index is -0.968. The van der Waals surface area contributed by atoms with Gasteiger partial charge in [-0.15, -0.1) is 0 Å². The molecule has 2 heterocycles. The summed E-state index contributed by atoms with van der Waals surface area (Å²) in [5.41, 5.74) is 1.23. The lowest BCUT2D eigenvalue weighted by Gasteiger charge is -2.22. The van der Waals surface area contributed by atoms with Crippen molar-refractivity contribution in [1.29, 1.82) is 0 Å². The van der Waals surface area contributed by atoms with Crippen LogP contribution in [-0.2, 0) is 6.54 Å². The number of carbonyl (C=O) groups is 1. The Morgan fingerprint density at radius 3 is 2.80 bits per heavy atom. The van der Waals surface area contributed by atoms with E-state index in [1.54, 1.807) is 12.3 Å². The van der Waals surface area contributed by atoms with Gasteiger partial charge in [0.25, 0.3) is 5.91 Å². The topological polar surface area (TPSA) is 33.2 Å². The molecule has 5 heteroatoms. The number of nitrogens with zero attached hydrogens (tertiary/aromatic N) is 2. The number of aromatic nitrogens is 1. The molecular formula is C10H10F2N2O. The molecule has 1 aliphatic heterocycles. The summed E-state index contributed by atoms with van der Waals surface area (Å²) >= 11 is 0. The van der Waals surface area contributed by atoms with E-state index >= 15 is 0 Å². The van der Waals surface area contributed by atoms with Gasteiger partial charge in [-0.2, -0.15) is 0 Å². The lowest BCUT2D eigenvalue weighted by atomic mass is 10.2. The van der Waals surface area contributed by atoms with Gasteiger partial charge in [-0.3, -0.25) is 9.78 Å². The molecule has 1 aliphatic rings. The smallest absolute Gasteiger partial charge is 0.255 e. The maximum Gasteiger partial charge on any atom is 0.255 e. The average Bonchev–Trinajstić information content (AvgIpc) is 2.60. The number of hydrogen-bond acceptors (Lipinski definition) is 2. The first kappa shape index (κ1) is 10.0. The highest BCUT2D eigenvalue weighted by Crippen LogP contribution is 2.23. The Kier molecular flexibility index (Phi) is 2.62. The summed E-state index contributed by atoms with van der Waals surface area (Å²) in [4.78, 5) is 16.8. The summed E-state index contributed by atoms with van der Waals surface area (Å²) in [5, 5.41) is 0. The SMILES string of the molecule is O=C1c2ccncc2CN1C(CF)CF. The van der Waals surface area contributed by atoms with E-state index in [0.29, 0.717) is 5.56 Å². The van der Waals surface area contributed by atoms with E-state index in [-0.39, 0.29) is 12.5 Å². The van der Waals surface area contributed by atoms with Crippen LogP contribution in [0.2, 0.25) is 0 Å². The van der Waals surface area contributed by atoms with E-state index < -0.39 is 19.4 Å². The van der Waals surface area contributed by atoms with E-state index in [1.807, 2.05) is 0 Å². The van der Waals surface area contributed by atoms with Gasteiger partial charge in [0.15, 0.2) is 0 Å². The van der Waals surface area contributed by atoms with Crippen LogP contribution in [0.15, 0.2) is 18.5 Å². The molecule has 0 spiro atoms. The maximum absolute atomic E-state index is 12.5. The van der Waals surface area contributed by atoms with Gasteiger partial charge in [-0.05, 0) is 6.07 Å². The number of amides is 1. The quantitative estimate of drug-likeness (QED) is 0.757. The van der Waals surface area contributed by atoms with Crippen molar-refractivity contribution in [3.05, 3.63) is 29.6 Å². The molecule has 0 saturated heterocycles. The third kappa shape index (κ3) is 1.58. The molecule has 1 amide bonds. The first-order valence-electron chi connectivity index (χ1n) is 4.63. The predicted octanol–water partition coefficient (Wildman–Crippen LogP) is 1.34. The fourth-order valence-electron chi connectivity index (χ4n) is 1.67. The number of hydrogen-bond donors (Lipinski definition) is 0. The molecule has 3 nitrogen and oxygen atoms in total. The fraction of sp³-hybridized carbons (Fsp3) is 0.400. The van der Waals surface area contributed by atoms with Crippen molar-refractivity contribution in [2.24, 2.45) is 0 Å². The van der Waals surface area contributed by atoms with Gasteiger partial charge >= 0.3 is 0 Å². The number of halogens is 2.